The van der Waals surface area contributed by atoms with Crippen LogP contribution in [0, 0.1) is 0 Å². The molecule has 7 heteroatoms. The minimum atomic E-state index is -0.558. The third-order valence-electron chi connectivity index (χ3n) is 5.59. The molecule has 0 spiro atoms. The Morgan fingerprint density at radius 2 is 1.79 bits per heavy atom. The largest absolute Gasteiger partial charge is 0.497 e. The van der Waals surface area contributed by atoms with Gasteiger partial charge in [0, 0.05) is 25.7 Å². The van der Waals surface area contributed by atoms with E-state index in [0.717, 1.165) is 50.1 Å². The van der Waals surface area contributed by atoms with Crippen LogP contribution in [0.15, 0.2) is 24.3 Å². The summed E-state index contributed by atoms with van der Waals surface area (Å²) in [5.41, 5.74) is 1.08. The molecule has 1 unspecified atom stereocenters. The van der Waals surface area contributed by atoms with Gasteiger partial charge in [0.15, 0.2) is 0 Å². The predicted octanol–water partition coefficient (Wildman–Crippen LogP) is 1.63. The van der Waals surface area contributed by atoms with Crippen LogP contribution in [0.1, 0.15) is 43.7 Å². The molecule has 0 radical (unpaired) electrons. The number of hydrogen-bond acceptors (Lipinski definition) is 5. The molecule has 1 aromatic carbocycles. The third-order valence-corrected chi connectivity index (χ3v) is 5.59. The molecular weight excluding hydrogens is 358 g/mol. The van der Waals surface area contributed by atoms with Gasteiger partial charge < -0.3 is 20.1 Å². The zero-order chi connectivity index (χ0) is 19.8. The number of nitrogens with one attached hydrogen (secondary N) is 2. The Hall–Kier alpha value is -2.12. The van der Waals surface area contributed by atoms with Crippen molar-refractivity contribution in [1.82, 2.24) is 15.5 Å². The van der Waals surface area contributed by atoms with E-state index in [4.69, 9.17) is 9.47 Å². The first kappa shape index (κ1) is 20.6. The second kappa shape index (κ2) is 10.4. The molecule has 1 heterocycles. The molecular formula is C21H31N3O4. The van der Waals surface area contributed by atoms with Gasteiger partial charge in [-0.2, -0.15) is 0 Å². The summed E-state index contributed by atoms with van der Waals surface area (Å²) in [6.45, 7) is 3.30. The fraction of sp³-hybridized carbons (Fsp3) is 0.619. The Morgan fingerprint density at radius 3 is 2.43 bits per heavy atom. The predicted molar refractivity (Wildman–Crippen MR) is 106 cm³/mol. The highest BCUT2D eigenvalue weighted by atomic mass is 16.5. The van der Waals surface area contributed by atoms with Crippen LogP contribution in [-0.4, -0.2) is 62.7 Å². The molecule has 3 rings (SSSR count). The highest BCUT2D eigenvalue weighted by Crippen LogP contribution is 2.23. The van der Waals surface area contributed by atoms with Crippen LogP contribution in [0.25, 0.3) is 0 Å². The number of carbonyl (C=O) groups excluding carboxylic acids is 2. The van der Waals surface area contributed by atoms with E-state index in [9.17, 15) is 9.59 Å². The van der Waals surface area contributed by atoms with Crippen molar-refractivity contribution in [3.63, 3.8) is 0 Å². The van der Waals surface area contributed by atoms with Crippen LogP contribution in [0.3, 0.4) is 0 Å². The van der Waals surface area contributed by atoms with Crippen molar-refractivity contribution in [2.24, 2.45) is 0 Å². The van der Waals surface area contributed by atoms with Gasteiger partial charge >= 0.3 is 11.8 Å². The topological polar surface area (TPSA) is 79.9 Å². The van der Waals surface area contributed by atoms with E-state index >= 15 is 0 Å². The third kappa shape index (κ3) is 5.69. The SMILES string of the molecule is COc1ccc(C(CNC(=O)C(=O)NC2CCCCC2)N2CCOCC2)cc1. The van der Waals surface area contributed by atoms with Gasteiger partial charge in [-0.25, -0.2) is 0 Å². The van der Waals surface area contributed by atoms with E-state index < -0.39 is 11.8 Å². The molecule has 2 fully saturated rings. The molecule has 154 valence electrons. The molecule has 2 amide bonds. The Labute approximate surface area is 166 Å². The van der Waals surface area contributed by atoms with Gasteiger partial charge in [0.25, 0.3) is 0 Å². The lowest BCUT2D eigenvalue weighted by atomic mass is 9.95. The zero-order valence-electron chi connectivity index (χ0n) is 16.6. The molecule has 1 saturated carbocycles. The first-order valence-electron chi connectivity index (χ1n) is 10.2. The van der Waals surface area contributed by atoms with Crippen LogP contribution in [0.5, 0.6) is 5.75 Å². The first-order chi connectivity index (χ1) is 13.7. The first-order valence-corrected chi connectivity index (χ1v) is 10.2. The number of nitrogens with zero attached hydrogens (tertiary/aromatic N) is 1. The molecule has 2 N–H and O–H groups in total. The van der Waals surface area contributed by atoms with Crippen molar-refractivity contribution in [1.29, 1.82) is 0 Å². The molecule has 1 aliphatic heterocycles. The van der Waals surface area contributed by atoms with Crippen LogP contribution in [-0.2, 0) is 14.3 Å². The molecule has 2 aliphatic rings. The lowest BCUT2D eigenvalue weighted by Crippen LogP contribution is -2.48. The van der Waals surface area contributed by atoms with Crippen molar-refractivity contribution >= 4 is 11.8 Å². The number of carbonyl (C=O) groups is 2. The number of morpholine rings is 1. The van der Waals surface area contributed by atoms with Gasteiger partial charge in [-0.1, -0.05) is 31.4 Å². The fourth-order valence-electron chi connectivity index (χ4n) is 3.94. The van der Waals surface area contributed by atoms with Crippen LogP contribution in [0.4, 0.5) is 0 Å². The Bertz CT molecular complexity index is 638. The molecule has 1 aromatic rings. The monoisotopic (exact) mass is 389 g/mol. The molecule has 28 heavy (non-hydrogen) atoms. The number of methoxy groups -OCH3 is 1. The van der Waals surface area contributed by atoms with Gasteiger partial charge in [0.2, 0.25) is 0 Å². The number of rotatable bonds is 6. The number of amides is 2. The standard InChI is InChI=1S/C21H31N3O4/c1-27-18-9-7-16(8-10-18)19(24-11-13-28-14-12-24)15-22-20(25)21(26)23-17-5-3-2-4-6-17/h7-10,17,19H,2-6,11-15H2,1H3,(H,22,25)(H,23,26). The number of hydrogen-bond donors (Lipinski definition) is 2. The summed E-state index contributed by atoms with van der Waals surface area (Å²) in [6.07, 6.45) is 5.36. The van der Waals surface area contributed by atoms with Crippen molar-refractivity contribution in [3.8, 4) is 5.75 Å². The number of ether oxygens (including phenoxy) is 2. The minimum absolute atomic E-state index is 0.0127. The maximum atomic E-state index is 12.3. The van der Waals surface area contributed by atoms with E-state index in [1.165, 1.54) is 6.42 Å². The van der Waals surface area contributed by atoms with Crippen LogP contribution in [0.2, 0.25) is 0 Å². The van der Waals surface area contributed by atoms with Crippen LogP contribution < -0.4 is 15.4 Å². The van der Waals surface area contributed by atoms with E-state index in [1.807, 2.05) is 24.3 Å². The van der Waals surface area contributed by atoms with Crippen molar-refractivity contribution in [2.45, 2.75) is 44.2 Å². The molecule has 1 atom stereocenters. The zero-order valence-corrected chi connectivity index (χ0v) is 16.6. The molecule has 7 nitrogen and oxygen atoms in total. The summed E-state index contributed by atoms with van der Waals surface area (Å²) in [4.78, 5) is 26.9. The average molecular weight is 389 g/mol. The maximum Gasteiger partial charge on any atom is 0.309 e. The summed E-state index contributed by atoms with van der Waals surface area (Å²) in [7, 11) is 1.64. The van der Waals surface area contributed by atoms with Gasteiger partial charge in [0.1, 0.15) is 5.75 Å². The summed E-state index contributed by atoms with van der Waals surface area (Å²) in [5, 5.41) is 5.71. The number of benzene rings is 1. The summed E-state index contributed by atoms with van der Waals surface area (Å²) in [6, 6.07) is 7.96. The molecule has 1 aliphatic carbocycles. The smallest absolute Gasteiger partial charge is 0.309 e. The van der Waals surface area contributed by atoms with E-state index in [0.29, 0.717) is 19.8 Å². The van der Waals surface area contributed by atoms with E-state index in [-0.39, 0.29) is 12.1 Å². The van der Waals surface area contributed by atoms with Crippen molar-refractivity contribution < 1.29 is 19.1 Å². The van der Waals surface area contributed by atoms with Gasteiger partial charge in [-0.05, 0) is 30.5 Å². The average Bonchev–Trinajstić information content (AvgIpc) is 2.75. The Morgan fingerprint density at radius 1 is 1.11 bits per heavy atom. The highest BCUT2D eigenvalue weighted by molar-refractivity contribution is 6.35. The Kier molecular flexibility index (Phi) is 7.68. The quantitative estimate of drug-likeness (QED) is 0.723. The lowest BCUT2D eigenvalue weighted by molar-refractivity contribution is -0.140. The van der Waals surface area contributed by atoms with Gasteiger partial charge in [-0.3, -0.25) is 14.5 Å². The van der Waals surface area contributed by atoms with Crippen molar-refractivity contribution in [3.05, 3.63) is 29.8 Å². The lowest BCUT2D eigenvalue weighted by Gasteiger charge is -2.35. The fourth-order valence-corrected chi connectivity index (χ4v) is 3.94. The summed E-state index contributed by atoms with van der Waals surface area (Å²) >= 11 is 0. The molecule has 0 aromatic heterocycles. The maximum absolute atomic E-state index is 12.3. The second-order valence-electron chi connectivity index (χ2n) is 7.46. The highest BCUT2D eigenvalue weighted by Gasteiger charge is 2.25. The normalized spacial score (nSPS) is 19.6. The minimum Gasteiger partial charge on any atom is -0.497 e. The van der Waals surface area contributed by atoms with E-state index in [1.54, 1.807) is 7.11 Å². The molecule has 1 saturated heterocycles. The van der Waals surface area contributed by atoms with Crippen LogP contribution >= 0.6 is 0 Å². The molecule has 0 bridgehead atoms. The Balaban J connectivity index is 1.59. The van der Waals surface area contributed by atoms with Gasteiger partial charge in [-0.15, -0.1) is 0 Å². The summed E-state index contributed by atoms with van der Waals surface area (Å²) in [5.74, 6) is -0.292. The van der Waals surface area contributed by atoms with Crippen molar-refractivity contribution in [2.75, 3.05) is 40.0 Å². The van der Waals surface area contributed by atoms with Gasteiger partial charge in [0.05, 0.1) is 26.4 Å². The van der Waals surface area contributed by atoms with E-state index in [2.05, 4.69) is 15.5 Å². The summed E-state index contributed by atoms with van der Waals surface area (Å²) < 4.78 is 10.7. The second-order valence-corrected chi connectivity index (χ2v) is 7.46.